The van der Waals surface area contributed by atoms with Crippen LogP contribution >= 0.6 is 0 Å². The molecule has 0 aromatic carbocycles. The first kappa shape index (κ1) is 7.04. The smallest absolute Gasteiger partial charge is 0.272 e. The Balaban J connectivity index is 2.14. The van der Waals surface area contributed by atoms with Crippen LogP contribution in [0.5, 0.6) is 0 Å². The van der Waals surface area contributed by atoms with Crippen molar-refractivity contribution in [2.24, 2.45) is 0 Å². The maximum Gasteiger partial charge on any atom is 0.272 e. The molecule has 0 spiro atoms. The van der Waals surface area contributed by atoms with Crippen molar-refractivity contribution >= 4 is 11.7 Å². The second-order valence-corrected chi connectivity index (χ2v) is 2.28. The summed E-state index contributed by atoms with van der Waals surface area (Å²) in [6.45, 7) is 1.63. The second-order valence-electron chi connectivity index (χ2n) is 2.28. The van der Waals surface area contributed by atoms with Crippen LogP contribution in [0.15, 0.2) is 10.8 Å². The molecule has 64 valence electrons. The standard InChI is InChI=1S/C5H6N4O3/c1-3-5(10)7-9(12-3)4-2-11-8-6-4/h2-3H,1H3,(H,7,10). The number of rotatable bonds is 1. The number of aromatic nitrogens is 2. The molecule has 1 unspecified atom stereocenters. The van der Waals surface area contributed by atoms with E-state index in [-0.39, 0.29) is 5.91 Å². The number of hydrogen-bond acceptors (Lipinski definition) is 6. The van der Waals surface area contributed by atoms with Gasteiger partial charge in [-0.25, -0.2) is 10.3 Å². The van der Waals surface area contributed by atoms with Crippen LogP contribution in [0.4, 0.5) is 5.82 Å². The minimum Gasteiger partial charge on any atom is -0.343 e. The van der Waals surface area contributed by atoms with Crippen LogP contribution in [0.25, 0.3) is 0 Å². The van der Waals surface area contributed by atoms with E-state index in [0.29, 0.717) is 5.82 Å². The number of carbonyl (C=O) groups is 1. The zero-order valence-corrected chi connectivity index (χ0v) is 6.22. The first-order chi connectivity index (χ1) is 5.77. The van der Waals surface area contributed by atoms with Gasteiger partial charge in [-0.15, -0.1) is 5.17 Å². The molecule has 1 aromatic heterocycles. The molecule has 0 saturated carbocycles. The monoisotopic (exact) mass is 170 g/mol. The van der Waals surface area contributed by atoms with Crippen molar-refractivity contribution < 1.29 is 14.2 Å². The van der Waals surface area contributed by atoms with Gasteiger partial charge in [-0.3, -0.25) is 4.79 Å². The van der Waals surface area contributed by atoms with Gasteiger partial charge in [0.1, 0.15) is 0 Å². The molecule has 1 aliphatic rings. The number of nitrogens with zero attached hydrogens (tertiary/aromatic N) is 3. The first-order valence-electron chi connectivity index (χ1n) is 3.32. The highest BCUT2D eigenvalue weighted by molar-refractivity contribution is 5.83. The van der Waals surface area contributed by atoms with E-state index < -0.39 is 6.10 Å². The predicted octanol–water partition coefficient (Wildman–Crippen LogP) is -0.759. The summed E-state index contributed by atoms with van der Waals surface area (Å²) in [6.07, 6.45) is 0.750. The van der Waals surface area contributed by atoms with Crippen molar-refractivity contribution in [3.8, 4) is 0 Å². The lowest BCUT2D eigenvalue weighted by Gasteiger charge is -2.09. The highest BCUT2D eigenvalue weighted by Crippen LogP contribution is 2.13. The van der Waals surface area contributed by atoms with Gasteiger partial charge in [0.25, 0.3) is 5.91 Å². The molecule has 1 aliphatic heterocycles. The van der Waals surface area contributed by atoms with Gasteiger partial charge in [-0.05, 0) is 6.92 Å². The summed E-state index contributed by atoms with van der Waals surface area (Å²) in [6, 6.07) is 0. The maximum atomic E-state index is 10.9. The normalized spacial score (nSPS) is 22.9. The van der Waals surface area contributed by atoms with Crippen LogP contribution < -0.4 is 10.6 Å². The lowest BCUT2D eigenvalue weighted by atomic mass is 10.4. The van der Waals surface area contributed by atoms with Gasteiger partial charge < -0.3 is 4.52 Å². The lowest BCUT2D eigenvalue weighted by molar-refractivity contribution is -0.122. The highest BCUT2D eigenvalue weighted by Gasteiger charge is 2.29. The van der Waals surface area contributed by atoms with Crippen LogP contribution in [-0.4, -0.2) is 22.4 Å². The van der Waals surface area contributed by atoms with E-state index in [1.807, 2.05) is 0 Å². The summed E-state index contributed by atoms with van der Waals surface area (Å²) in [5.41, 5.74) is 2.42. The Hall–Kier alpha value is -1.63. The Morgan fingerprint density at radius 1 is 1.75 bits per heavy atom. The van der Waals surface area contributed by atoms with Crippen LogP contribution in [0.2, 0.25) is 0 Å². The summed E-state index contributed by atoms with van der Waals surface area (Å²) in [7, 11) is 0. The number of amides is 1. The predicted molar refractivity (Wildman–Crippen MR) is 35.5 cm³/mol. The van der Waals surface area contributed by atoms with Crippen LogP contribution in [0, 0.1) is 0 Å². The zero-order valence-electron chi connectivity index (χ0n) is 6.22. The van der Waals surface area contributed by atoms with Crippen molar-refractivity contribution in [3.63, 3.8) is 0 Å². The molecule has 0 bridgehead atoms. The van der Waals surface area contributed by atoms with Gasteiger partial charge in [0, 0.05) is 5.27 Å². The molecule has 0 aliphatic carbocycles. The second kappa shape index (κ2) is 2.45. The fraction of sp³-hybridized carbons (Fsp3) is 0.400. The number of nitrogens with one attached hydrogen (secondary N) is 1. The average molecular weight is 170 g/mol. The molecule has 2 heterocycles. The minimum absolute atomic E-state index is 0.224. The van der Waals surface area contributed by atoms with Crippen LogP contribution in [0.3, 0.4) is 0 Å². The van der Waals surface area contributed by atoms with Gasteiger partial charge in [0.15, 0.2) is 12.4 Å². The fourth-order valence-corrected chi connectivity index (χ4v) is 0.783. The number of anilines is 1. The highest BCUT2D eigenvalue weighted by atomic mass is 16.7. The third-order valence-corrected chi connectivity index (χ3v) is 1.40. The first-order valence-corrected chi connectivity index (χ1v) is 3.32. The zero-order chi connectivity index (χ0) is 8.55. The van der Waals surface area contributed by atoms with Gasteiger partial charge in [-0.1, -0.05) is 5.10 Å². The van der Waals surface area contributed by atoms with E-state index in [1.54, 1.807) is 6.92 Å². The molecule has 7 nitrogen and oxygen atoms in total. The quantitative estimate of drug-likeness (QED) is 0.596. The molecule has 1 fully saturated rings. The lowest BCUT2D eigenvalue weighted by Crippen LogP contribution is -2.32. The Labute approximate surface area is 67.2 Å². The maximum absolute atomic E-state index is 10.9. The van der Waals surface area contributed by atoms with E-state index in [2.05, 4.69) is 20.3 Å². The van der Waals surface area contributed by atoms with E-state index in [9.17, 15) is 4.79 Å². The number of hydrogen-bond donors (Lipinski definition) is 1. The average Bonchev–Trinajstić information content (AvgIpc) is 2.61. The minimum atomic E-state index is -0.512. The molecule has 1 saturated heterocycles. The van der Waals surface area contributed by atoms with Crippen molar-refractivity contribution in [1.29, 1.82) is 0 Å². The van der Waals surface area contributed by atoms with Gasteiger partial charge in [-0.2, -0.15) is 0 Å². The van der Waals surface area contributed by atoms with E-state index in [1.165, 1.54) is 6.26 Å². The molecule has 1 N–H and O–H groups in total. The van der Waals surface area contributed by atoms with Crippen LogP contribution in [-0.2, 0) is 9.63 Å². The molecule has 1 aromatic rings. The molecule has 1 amide bonds. The van der Waals surface area contributed by atoms with Crippen molar-refractivity contribution in [2.45, 2.75) is 13.0 Å². The molecular formula is C5H6N4O3. The fourth-order valence-electron chi connectivity index (χ4n) is 0.783. The topological polar surface area (TPSA) is 80.5 Å². The molecule has 0 radical (unpaired) electrons. The van der Waals surface area contributed by atoms with Crippen molar-refractivity contribution in [2.75, 3.05) is 5.17 Å². The Kier molecular flexibility index (Phi) is 1.44. The third kappa shape index (κ3) is 0.996. The van der Waals surface area contributed by atoms with Gasteiger partial charge >= 0.3 is 0 Å². The van der Waals surface area contributed by atoms with E-state index in [0.717, 1.165) is 5.17 Å². The Morgan fingerprint density at radius 3 is 3.08 bits per heavy atom. The van der Waals surface area contributed by atoms with Gasteiger partial charge in [0.2, 0.25) is 5.82 Å². The summed E-state index contributed by atoms with van der Waals surface area (Å²) in [5, 5.41) is 7.87. The third-order valence-electron chi connectivity index (χ3n) is 1.40. The summed E-state index contributed by atoms with van der Waals surface area (Å²) in [5.74, 6) is 0.0886. The van der Waals surface area contributed by atoms with Crippen molar-refractivity contribution in [1.82, 2.24) is 15.8 Å². The molecule has 7 heteroatoms. The molecular weight excluding hydrogens is 164 g/mol. The largest absolute Gasteiger partial charge is 0.343 e. The van der Waals surface area contributed by atoms with E-state index in [4.69, 9.17) is 4.84 Å². The number of hydrazine groups is 1. The summed E-state index contributed by atoms with van der Waals surface area (Å²) < 4.78 is 4.46. The Bertz CT molecular complexity index is 285. The SMILES string of the molecule is CC1ON(c2conn2)NC1=O. The Morgan fingerprint density at radius 2 is 2.58 bits per heavy atom. The molecule has 12 heavy (non-hydrogen) atoms. The number of carbonyl (C=O) groups excluding carboxylic acids is 1. The molecule has 2 rings (SSSR count). The van der Waals surface area contributed by atoms with Crippen molar-refractivity contribution in [3.05, 3.63) is 6.26 Å². The van der Waals surface area contributed by atoms with E-state index >= 15 is 0 Å². The summed E-state index contributed by atoms with van der Waals surface area (Å²) >= 11 is 0. The molecule has 1 atom stereocenters. The summed E-state index contributed by atoms with van der Waals surface area (Å²) in [4.78, 5) is 16.0. The van der Waals surface area contributed by atoms with Gasteiger partial charge in [0.05, 0.1) is 0 Å². The van der Waals surface area contributed by atoms with Crippen LogP contribution in [0.1, 0.15) is 6.92 Å².